The van der Waals surface area contributed by atoms with E-state index in [2.05, 4.69) is 27.3 Å². The average molecular weight is 191 g/mol. The van der Waals surface area contributed by atoms with Crippen LogP contribution in [0.1, 0.15) is 12.8 Å². The molecule has 1 aliphatic heterocycles. The number of likely N-dealkylation sites (N-methyl/N-ethyl adjacent to an activating group) is 1. The molecule has 3 heteroatoms. The van der Waals surface area contributed by atoms with Gasteiger partial charge in [0, 0.05) is 25.3 Å². The summed E-state index contributed by atoms with van der Waals surface area (Å²) in [5, 5.41) is 3.24. The molecule has 0 radical (unpaired) electrons. The smallest absolute Gasteiger partial charge is 0.128 e. The van der Waals surface area contributed by atoms with Crippen molar-refractivity contribution in [2.24, 2.45) is 0 Å². The van der Waals surface area contributed by atoms with Crippen LogP contribution in [0.2, 0.25) is 0 Å². The van der Waals surface area contributed by atoms with Gasteiger partial charge in [-0.15, -0.1) is 0 Å². The molecule has 76 valence electrons. The van der Waals surface area contributed by atoms with Gasteiger partial charge in [0.1, 0.15) is 5.82 Å². The molecular weight excluding hydrogens is 174 g/mol. The predicted molar refractivity (Wildman–Crippen MR) is 58.5 cm³/mol. The molecule has 2 heterocycles. The summed E-state index contributed by atoms with van der Waals surface area (Å²) in [6.07, 6.45) is 4.42. The molecule has 14 heavy (non-hydrogen) atoms. The lowest BCUT2D eigenvalue weighted by Gasteiger charge is -2.25. The molecule has 1 N–H and O–H groups in total. The lowest BCUT2D eigenvalue weighted by Crippen LogP contribution is -2.37. The van der Waals surface area contributed by atoms with E-state index in [1.165, 1.54) is 12.8 Å². The van der Waals surface area contributed by atoms with Crippen LogP contribution in [0.3, 0.4) is 0 Å². The number of hydrogen-bond acceptors (Lipinski definition) is 3. The van der Waals surface area contributed by atoms with E-state index < -0.39 is 0 Å². The van der Waals surface area contributed by atoms with Crippen molar-refractivity contribution >= 4 is 5.82 Å². The number of rotatable bonds is 3. The maximum absolute atomic E-state index is 4.39. The van der Waals surface area contributed by atoms with E-state index in [9.17, 15) is 0 Å². The Labute approximate surface area is 85.1 Å². The molecule has 1 aliphatic rings. The number of anilines is 1. The van der Waals surface area contributed by atoms with Gasteiger partial charge in [-0.25, -0.2) is 4.98 Å². The van der Waals surface area contributed by atoms with Gasteiger partial charge in [0.2, 0.25) is 0 Å². The minimum atomic E-state index is 0.620. The highest BCUT2D eigenvalue weighted by molar-refractivity contribution is 5.40. The number of pyridine rings is 1. The molecule has 1 aromatic rings. The Balaban J connectivity index is 2.10. The Hall–Kier alpha value is -1.09. The summed E-state index contributed by atoms with van der Waals surface area (Å²) in [7, 11) is 2.01. The summed E-state index contributed by atoms with van der Waals surface area (Å²) in [5.74, 6) is 1.12. The van der Waals surface area contributed by atoms with Crippen LogP contribution in [0.5, 0.6) is 0 Å². The van der Waals surface area contributed by atoms with Crippen molar-refractivity contribution in [3.05, 3.63) is 24.4 Å². The number of nitrogens with one attached hydrogen (secondary N) is 1. The third kappa shape index (κ3) is 1.87. The first-order valence-electron chi connectivity index (χ1n) is 5.24. The van der Waals surface area contributed by atoms with Crippen LogP contribution in [0.4, 0.5) is 5.82 Å². The van der Waals surface area contributed by atoms with Gasteiger partial charge in [-0.1, -0.05) is 6.07 Å². The summed E-state index contributed by atoms with van der Waals surface area (Å²) in [6.45, 7) is 2.19. The van der Waals surface area contributed by atoms with Gasteiger partial charge in [-0.3, -0.25) is 0 Å². The molecule has 3 nitrogen and oxygen atoms in total. The van der Waals surface area contributed by atoms with Crippen molar-refractivity contribution in [3.8, 4) is 0 Å². The quantitative estimate of drug-likeness (QED) is 0.780. The van der Waals surface area contributed by atoms with Gasteiger partial charge < -0.3 is 10.2 Å². The van der Waals surface area contributed by atoms with E-state index >= 15 is 0 Å². The maximum Gasteiger partial charge on any atom is 0.128 e. The fourth-order valence-electron chi connectivity index (χ4n) is 2.11. The molecule has 1 saturated heterocycles. The lowest BCUT2D eigenvalue weighted by atomic mass is 10.2. The number of hydrogen-bond donors (Lipinski definition) is 1. The van der Waals surface area contributed by atoms with Gasteiger partial charge in [-0.2, -0.15) is 0 Å². The van der Waals surface area contributed by atoms with Gasteiger partial charge in [-0.05, 0) is 32.0 Å². The third-order valence-electron chi connectivity index (χ3n) is 2.76. The van der Waals surface area contributed by atoms with Crippen molar-refractivity contribution < 1.29 is 0 Å². The summed E-state index contributed by atoms with van der Waals surface area (Å²) in [4.78, 5) is 6.79. The third-order valence-corrected chi connectivity index (χ3v) is 2.76. The molecular formula is C11H17N3. The van der Waals surface area contributed by atoms with Crippen molar-refractivity contribution in [1.29, 1.82) is 0 Å². The minimum absolute atomic E-state index is 0.620. The van der Waals surface area contributed by atoms with Crippen LogP contribution in [-0.4, -0.2) is 31.2 Å². The SMILES string of the molecule is CNCC1CCCN1c1ccccn1. The Bertz CT molecular complexity index is 273. The molecule has 0 bridgehead atoms. The largest absolute Gasteiger partial charge is 0.352 e. The van der Waals surface area contributed by atoms with E-state index in [0.717, 1.165) is 18.9 Å². The lowest BCUT2D eigenvalue weighted by molar-refractivity contribution is 0.612. The van der Waals surface area contributed by atoms with Crippen LogP contribution in [0.25, 0.3) is 0 Å². The Kier molecular flexibility index (Phi) is 2.99. The maximum atomic E-state index is 4.39. The first kappa shape index (κ1) is 9.46. The van der Waals surface area contributed by atoms with Crippen LogP contribution in [0, 0.1) is 0 Å². The highest BCUT2D eigenvalue weighted by Crippen LogP contribution is 2.22. The molecule has 0 aliphatic carbocycles. The topological polar surface area (TPSA) is 28.2 Å². The average Bonchev–Trinajstić information content (AvgIpc) is 2.68. The highest BCUT2D eigenvalue weighted by Gasteiger charge is 2.24. The summed E-state index contributed by atoms with van der Waals surface area (Å²) >= 11 is 0. The molecule has 0 saturated carbocycles. The molecule has 0 spiro atoms. The molecule has 1 fully saturated rings. The molecule has 1 atom stereocenters. The van der Waals surface area contributed by atoms with Gasteiger partial charge >= 0.3 is 0 Å². The number of aromatic nitrogens is 1. The summed E-state index contributed by atoms with van der Waals surface area (Å²) in [6, 6.07) is 6.73. The van der Waals surface area contributed by atoms with Crippen molar-refractivity contribution in [2.75, 3.05) is 25.0 Å². The first-order valence-corrected chi connectivity index (χ1v) is 5.24. The van der Waals surface area contributed by atoms with Crippen molar-refractivity contribution in [1.82, 2.24) is 10.3 Å². The molecule has 2 rings (SSSR count). The second-order valence-electron chi connectivity index (χ2n) is 3.74. The van der Waals surface area contributed by atoms with Gasteiger partial charge in [0.05, 0.1) is 0 Å². The normalized spacial score (nSPS) is 21.5. The van der Waals surface area contributed by atoms with Crippen LogP contribution < -0.4 is 10.2 Å². The Morgan fingerprint density at radius 2 is 2.50 bits per heavy atom. The summed E-state index contributed by atoms with van der Waals surface area (Å²) < 4.78 is 0. The fourth-order valence-corrected chi connectivity index (χ4v) is 2.11. The molecule has 1 aromatic heterocycles. The van der Waals surface area contributed by atoms with Gasteiger partial charge in [0.15, 0.2) is 0 Å². The summed E-state index contributed by atoms with van der Waals surface area (Å²) in [5.41, 5.74) is 0. The predicted octanol–water partition coefficient (Wildman–Crippen LogP) is 1.27. The van der Waals surface area contributed by atoms with Crippen molar-refractivity contribution in [2.45, 2.75) is 18.9 Å². The molecule has 1 unspecified atom stereocenters. The van der Waals surface area contributed by atoms with Crippen LogP contribution in [-0.2, 0) is 0 Å². The monoisotopic (exact) mass is 191 g/mol. The second-order valence-corrected chi connectivity index (χ2v) is 3.74. The minimum Gasteiger partial charge on any atom is -0.352 e. The van der Waals surface area contributed by atoms with E-state index in [-0.39, 0.29) is 0 Å². The zero-order chi connectivity index (χ0) is 9.80. The van der Waals surface area contributed by atoms with Crippen LogP contribution >= 0.6 is 0 Å². The number of nitrogens with zero attached hydrogens (tertiary/aromatic N) is 2. The second kappa shape index (κ2) is 4.42. The molecule has 0 aromatic carbocycles. The fraction of sp³-hybridized carbons (Fsp3) is 0.545. The van der Waals surface area contributed by atoms with E-state index in [1.807, 2.05) is 19.3 Å². The van der Waals surface area contributed by atoms with Crippen LogP contribution in [0.15, 0.2) is 24.4 Å². The zero-order valence-electron chi connectivity index (χ0n) is 8.61. The molecule has 0 amide bonds. The Morgan fingerprint density at radius 3 is 3.21 bits per heavy atom. The standard InChI is InChI=1S/C11H17N3/c1-12-9-10-5-4-8-14(10)11-6-2-3-7-13-11/h2-3,6-7,10,12H,4-5,8-9H2,1H3. The van der Waals surface area contributed by atoms with Crippen molar-refractivity contribution in [3.63, 3.8) is 0 Å². The zero-order valence-corrected chi connectivity index (χ0v) is 8.61. The highest BCUT2D eigenvalue weighted by atomic mass is 15.2. The first-order chi connectivity index (χ1) is 6.92. The van der Waals surface area contributed by atoms with E-state index in [0.29, 0.717) is 6.04 Å². The van der Waals surface area contributed by atoms with Gasteiger partial charge in [0.25, 0.3) is 0 Å². The van der Waals surface area contributed by atoms with E-state index in [4.69, 9.17) is 0 Å². The Morgan fingerprint density at radius 1 is 1.57 bits per heavy atom. The van der Waals surface area contributed by atoms with E-state index in [1.54, 1.807) is 0 Å².